The molecular weight excluding hydrogens is 460 g/mol. The lowest BCUT2D eigenvalue weighted by molar-refractivity contribution is 0.290. The summed E-state index contributed by atoms with van der Waals surface area (Å²) in [5, 5.41) is 5.17. The van der Waals surface area contributed by atoms with Gasteiger partial charge in [0.05, 0.1) is 4.90 Å². The van der Waals surface area contributed by atoms with Crippen LogP contribution in [0, 0.1) is 0 Å². The van der Waals surface area contributed by atoms with E-state index in [1.54, 1.807) is 0 Å². The molecule has 4 rings (SSSR count). The summed E-state index contributed by atoms with van der Waals surface area (Å²) in [4.78, 5) is 3.26. The summed E-state index contributed by atoms with van der Waals surface area (Å²) in [5.74, 6) is 0. The second kappa shape index (κ2) is 11.9. The number of benzene rings is 4. The van der Waals surface area contributed by atoms with E-state index in [0.29, 0.717) is 6.54 Å². The fourth-order valence-electron chi connectivity index (χ4n) is 4.48. The van der Waals surface area contributed by atoms with Crippen molar-refractivity contribution in [1.82, 2.24) is 9.21 Å². The zero-order valence-corrected chi connectivity index (χ0v) is 21.6. The Kier molecular flexibility index (Phi) is 8.74. The maximum atomic E-state index is 13.8. The zero-order chi connectivity index (χ0) is 23.9. The van der Waals surface area contributed by atoms with Crippen LogP contribution in [-0.4, -0.2) is 39.6 Å². The van der Waals surface area contributed by atoms with Gasteiger partial charge in [-0.2, -0.15) is 0 Å². The van der Waals surface area contributed by atoms with E-state index in [1.807, 2.05) is 36.4 Å². The smallest absolute Gasteiger partial charge is 0.127 e. The second-order valence-electron chi connectivity index (χ2n) is 8.61. The monoisotopic (exact) mass is 492 g/mol. The highest BCUT2D eigenvalue weighted by Gasteiger charge is 2.18. The van der Waals surface area contributed by atoms with Crippen LogP contribution in [0.5, 0.6) is 0 Å². The number of hydrogen-bond donors (Lipinski definition) is 0. The molecule has 4 aromatic carbocycles. The van der Waals surface area contributed by atoms with Gasteiger partial charge in [0.25, 0.3) is 0 Å². The average molecular weight is 493 g/mol. The van der Waals surface area contributed by atoms with Gasteiger partial charge in [-0.05, 0) is 72.4 Å². The van der Waals surface area contributed by atoms with Crippen LogP contribution >= 0.6 is 11.6 Å². The Bertz CT molecular complexity index is 1270. The van der Waals surface area contributed by atoms with Crippen molar-refractivity contribution in [2.45, 2.75) is 38.1 Å². The number of nitrogens with zero attached hydrogens (tertiary/aromatic N) is 2. The van der Waals surface area contributed by atoms with Gasteiger partial charge in [-0.15, -0.1) is 0 Å². The Labute approximate surface area is 210 Å². The summed E-state index contributed by atoms with van der Waals surface area (Å²) in [6, 6.07) is 26.6. The first-order chi connectivity index (χ1) is 16.6. The minimum absolute atomic E-state index is 0.646. The van der Waals surface area contributed by atoms with Gasteiger partial charge >= 0.3 is 0 Å². The Morgan fingerprint density at radius 3 is 2.29 bits per heavy atom. The summed E-state index contributed by atoms with van der Waals surface area (Å²) < 4.78 is 16.0. The van der Waals surface area contributed by atoms with Gasteiger partial charge in [0.1, 0.15) is 11.0 Å². The van der Waals surface area contributed by atoms with Gasteiger partial charge in [0, 0.05) is 23.5 Å². The van der Waals surface area contributed by atoms with E-state index in [-0.39, 0.29) is 0 Å². The van der Waals surface area contributed by atoms with Crippen LogP contribution in [0.2, 0.25) is 5.02 Å². The van der Waals surface area contributed by atoms with E-state index < -0.39 is 11.0 Å². The number of rotatable bonds is 11. The second-order valence-corrected chi connectivity index (χ2v) is 10.5. The first kappa shape index (κ1) is 24.9. The molecule has 5 heteroatoms. The minimum atomic E-state index is -1.27. The fraction of sp³-hybridized carbons (Fsp3) is 0.310. The molecule has 0 radical (unpaired) electrons. The van der Waals surface area contributed by atoms with E-state index in [0.717, 1.165) is 59.7 Å². The third-order valence-corrected chi connectivity index (χ3v) is 8.26. The quantitative estimate of drug-likeness (QED) is 0.205. The number of halogens is 1. The molecule has 0 aromatic heterocycles. The largest absolute Gasteiger partial charge is 0.304 e. The molecule has 0 aliphatic carbocycles. The number of unbranched alkanes of at least 4 members (excludes halogenated alkanes) is 1. The van der Waals surface area contributed by atoms with E-state index in [9.17, 15) is 4.21 Å². The molecule has 0 N–H and O–H groups in total. The summed E-state index contributed by atoms with van der Waals surface area (Å²) in [6.45, 7) is 9.06. The van der Waals surface area contributed by atoms with Crippen LogP contribution < -0.4 is 0 Å². The summed E-state index contributed by atoms with van der Waals surface area (Å²) in [6.07, 6.45) is 2.10. The van der Waals surface area contributed by atoms with Crippen LogP contribution in [0.3, 0.4) is 0 Å². The molecule has 0 saturated carbocycles. The van der Waals surface area contributed by atoms with E-state index >= 15 is 0 Å². The van der Waals surface area contributed by atoms with Crippen LogP contribution in [0.1, 0.15) is 32.3 Å². The number of hydrogen-bond acceptors (Lipinski definition) is 2. The minimum Gasteiger partial charge on any atom is -0.304 e. The molecule has 0 amide bonds. The predicted molar refractivity (Wildman–Crippen MR) is 147 cm³/mol. The van der Waals surface area contributed by atoms with E-state index in [1.165, 1.54) is 16.3 Å². The third kappa shape index (κ3) is 5.87. The van der Waals surface area contributed by atoms with Crippen LogP contribution in [0.15, 0.2) is 83.8 Å². The molecule has 0 saturated heterocycles. The Morgan fingerprint density at radius 1 is 0.765 bits per heavy atom. The first-order valence-electron chi connectivity index (χ1n) is 12.1. The Balaban J connectivity index is 1.59. The highest BCUT2D eigenvalue weighted by atomic mass is 35.5. The molecule has 0 bridgehead atoms. The topological polar surface area (TPSA) is 23.6 Å². The molecule has 1 atom stereocenters. The van der Waals surface area contributed by atoms with Crippen molar-refractivity contribution in [3.05, 3.63) is 89.4 Å². The van der Waals surface area contributed by atoms with Crippen LogP contribution in [-0.2, 0) is 17.5 Å². The molecule has 0 spiro atoms. The molecule has 0 aliphatic rings. The van der Waals surface area contributed by atoms with Crippen LogP contribution in [0.4, 0.5) is 0 Å². The highest BCUT2D eigenvalue weighted by molar-refractivity contribution is 7.82. The van der Waals surface area contributed by atoms with E-state index in [4.69, 9.17) is 11.6 Å². The van der Waals surface area contributed by atoms with Crippen molar-refractivity contribution in [2.24, 2.45) is 0 Å². The van der Waals surface area contributed by atoms with Crippen molar-refractivity contribution < 1.29 is 4.21 Å². The first-order valence-corrected chi connectivity index (χ1v) is 13.6. The Hall–Kier alpha value is -2.24. The van der Waals surface area contributed by atoms with Crippen molar-refractivity contribution in [3.8, 4) is 0 Å². The summed E-state index contributed by atoms with van der Waals surface area (Å²) >= 11 is 6.36. The van der Waals surface area contributed by atoms with Gasteiger partial charge in [0.15, 0.2) is 0 Å². The normalized spacial score (nSPS) is 12.7. The molecule has 4 aromatic rings. The van der Waals surface area contributed by atoms with Crippen molar-refractivity contribution in [1.29, 1.82) is 0 Å². The zero-order valence-electron chi connectivity index (χ0n) is 20.0. The standard InChI is InChI=1S/C29H33ClN2OS/c1-3-31(4-2)19-7-8-20-32(22-25-14-9-12-23-11-5-6-15-27(23)25)34(33)26-17-18-28-24(21-26)13-10-16-29(28)30/h5-6,9-18,21H,3-4,7-8,19-20,22H2,1-2H3. The molecule has 0 heterocycles. The van der Waals surface area contributed by atoms with Gasteiger partial charge in [-0.3, -0.25) is 0 Å². The maximum absolute atomic E-state index is 13.8. The van der Waals surface area contributed by atoms with Crippen LogP contribution in [0.25, 0.3) is 21.5 Å². The highest BCUT2D eigenvalue weighted by Crippen LogP contribution is 2.27. The van der Waals surface area contributed by atoms with Crippen molar-refractivity contribution in [3.63, 3.8) is 0 Å². The fourth-order valence-corrected chi connectivity index (χ4v) is 5.99. The van der Waals surface area contributed by atoms with Crippen molar-refractivity contribution >= 4 is 44.1 Å². The van der Waals surface area contributed by atoms with E-state index in [2.05, 4.69) is 65.5 Å². The lowest BCUT2D eigenvalue weighted by Gasteiger charge is -2.23. The average Bonchev–Trinajstić information content (AvgIpc) is 2.87. The molecule has 34 heavy (non-hydrogen) atoms. The molecule has 3 nitrogen and oxygen atoms in total. The van der Waals surface area contributed by atoms with Gasteiger partial charge in [0.2, 0.25) is 0 Å². The molecule has 0 fully saturated rings. The predicted octanol–water partition coefficient (Wildman–Crippen LogP) is 7.29. The molecule has 178 valence electrons. The summed E-state index contributed by atoms with van der Waals surface area (Å²) in [7, 11) is -1.27. The summed E-state index contributed by atoms with van der Waals surface area (Å²) in [5.41, 5.74) is 1.21. The maximum Gasteiger partial charge on any atom is 0.127 e. The molecule has 0 aliphatic heterocycles. The van der Waals surface area contributed by atoms with Crippen molar-refractivity contribution in [2.75, 3.05) is 26.2 Å². The Morgan fingerprint density at radius 2 is 1.47 bits per heavy atom. The number of fused-ring (bicyclic) bond motifs is 2. The van der Waals surface area contributed by atoms with Gasteiger partial charge in [-0.1, -0.05) is 86.1 Å². The lowest BCUT2D eigenvalue weighted by Crippen LogP contribution is -2.29. The van der Waals surface area contributed by atoms with Gasteiger partial charge in [-0.25, -0.2) is 8.51 Å². The van der Waals surface area contributed by atoms with Gasteiger partial charge < -0.3 is 4.90 Å². The lowest BCUT2D eigenvalue weighted by atomic mass is 10.0. The molecule has 1 unspecified atom stereocenters. The third-order valence-electron chi connectivity index (χ3n) is 6.49. The SMILES string of the molecule is CCN(CC)CCCCN(Cc1cccc2ccccc12)S(=O)c1ccc2c(Cl)cccc2c1. The molecular formula is C29H33ClN2OS.